The molecule has 186 valence electrons. The van der Waals surface area contributed by atoms with E-state index in [9.17, 15) is 25.9 Å². The maximum atomic E-state index is 11.7. The summed E-state index contributed by atoms with van der Waals surface area (Å²) >= 11 is 18.0. The monoisotopic (exact) mass is 682 g/mol. The Hall–Kier alpha value is 0.0358. The first-order valence-corrected chi connectivity index (χ1v) is 15.7. The third kappa shape index (κ3) is 6.96. The van der Waals surface area contributed by atoms with Crippen LogP contribution in [0.25, 0.3) is 15.9 Å². The number of aromatic nitrogens is 1. The van der Waals surface area contributed by atoms with Gasteiger partial charge in [0.2, 0.25) is 0 Å². The summed E-state index contributed by atoms with van der Waals surface area (Å²) in [5.74, 6) is -1.09. The van der Waals surface area contributed by atoms with E-state index in [1.54, 1.807) is 54.4 Å². The summed E-state index contributed by atoms with van der Waals surface area (Å²) < 4.78 is 70.3. The van der Waals surface area contributed by atoms with Crippen LogP contribution in [0.15, 0.2) is 48.3 Å². The van der Waals surface area contributed by atoms with Crippen LogP contribution in [-0.4, -0.2) is 53.4 Å². The van der Waals surface area contributed by atoms with E-state index in [4.69, 9.17) is 34.8 Å². The van der Waals surface area contributed by atoms with Crippen LogP contribution in [0.5, 0.6) is 0 Å². The number of hydrogen-bond donors (Lipinski definition) is 1. The maximum absolute atomic E-state index is 11.7. The summed E-state index contributed by atoms with van der Waals surface area (Å²) in [4.78, 5) is 3.03. The van der Waals surface area contributed by atoms with Crippen LogP contribution in [-0.2, 0) is 26.1 Å². The number of halogens is 3. The van der Waals surface area contributed by atoms with E-state index < -0.39 is 32.0 Å². The van der Waals surface area contributed by atoms with Gasteiger partial charge >= 0.3 is 275 Å². The van der Waals surface area contributed by atoms with Crippen molar-refractivity contribution >= 4 is 96.8 Å². The zero-order valence-electron chi connectivity index (χ0n) is 18.7. The predicted octanol–water partition coefficient (Wildman–Crippen LogP) is 0.308. The number of fused-ring (bicyclic) bond motifs is 2. The molecule has 0 saturated heterocycles. The first kappa shape index (κ1) is 30.6. The molecule has 0 unspecified atom stereocenters. The van der Waals surface area contributed by atoms with Crippen molar-refractivity contribution in [3.63, 3.8) is 0 Å². The molecule has 0 bridgehead atoms. The molecule has 2 aromatic carbocycles. The van der Waals surface area contributed by atoms with Crippen LogP contribution in [0, 0.1) is 0 Å². The Balaban J connectivity index is 0.00000361. The summed E-state index contributed by atoms with van der Waals surface area (Å²) in [6, 6.07) is 8.16. The first-order chi connectivity index (χ1) is 16.2. The molecule has 0 fully saturated rings. The summed E-state index contributed by atoms with van der Waals surface area (Å²) in [7, 11) is -7.30. The van der Waals surface area contributed by atoms with Crippen LogP contribution in [0.3, 0.4) is 0 Å². The van der Waals surface area contributed by atoms with Gasteiger partial charge in [-0.2, -0.15) is 0 Å². The van der Waals surface area contributed by atoms with Gasteiger partial charge in [0.15, 0.2) is 0 Å². The molecular weight excluding hydrogens is 667 g/mol. The van der Waals surface area contributed by atoms with Crippen LogP contribution in [0.2, 0.25) is 15.1 Å². The quantitative estimate of drug-likeness (QED) is 0.224. The largest absolute Gasteiger partial charge is 1.00 e. The average molecular weight is 683 g/mol. The van der Waals surface area contributed by atoms with Crippen molar-refractivity contribution in [2.75, 3.05) is 22.7 Å². The molecule has 16 heteroatoms. The molecule has 1 aliphatic heterocycles. The van der Waals surface area contributed by atoms with E-state index in [0.29, 0.717) is 32.3 Å². The third-order valence-corrected chi connectivity index (χ3v) is 9.53. The first-order valence-electron chi connectivity index (χ1n) is 9.63. The van der Waals surface area contributed by atoms with E-state index >= 15 is 0 Å². The Kier molecular flexibility index (Phi) is 9.89. The smallest absolute Gasteiger partial charge is 1.00 e. The van der Waals surface area contributed by atoms with Gasteiger partial charge in [-0.05, 0) is 0 Å². The van der Waals surface area contributed by atoms with Crippen molar-refractivity contribution in [1.82, 2.24) is 0 Å². The molecule has 1 N–H and O–H groups in total. The van der Waals surface area contributed by atoms with E-state index in [1.165, 1.54) is 15.5 Å². The molecule has 1 aromatic heterocycles. The Morgan fingerprint density at radius 1 is 1.08 bits per heavy atom. The van der Waals surface area contributed by atoms with Crippen molar-refractivity contribution in [3.05, 3.63) is 67.9 Å². The molecule has 36 heavy (non-hydrogen) atoms. The molecule has 1 aliphatic rings. The zero-order chi connectivity index (χ0) is 25.7. The second-order valence-corrected chi connectivity index (χ2v) is 13.8. The summed E-state index contributed by atoms with van der Waals surface area (Å²) in [5.41, 5.74) is 1.55. The number of anilines is 2. The SMILES string of the molecule is CN1/C(=C\C=C\c2[se]c3ccc(Cl)cc3[n+]2CS(=O)(=O)[O-])N(CS(=O)(=O)O)c2cc(Cl)c(Cl)cc21.[K+]. The maximum Gasteiger partial charge on any atom is 1.00 e. The van der Waals surface area contributed by atoms with Gasteiger partial charge in [-0.3, -0.25) is 0 Å². The van der Waals surface area contributed by atoms with Gasteiger partial charge in [0.05, 0.1) is 0 Å². The van der Waals surface area contributed by atoms with E-state index in [1.807, 2.05) is 0 Å². The molecular formula is C20H16Cl3KN3O6S2Se+. The third-order valence-electron chi connectivity index (χ3n) is 5.05. The molecule has 0 saturated carbocycles. The van der Waals surface area contributed by atoms with Gasteiger partial charge in [-0.1, -0.05) is 0 Å². The molecule has 9 nitrogen and oxygen atoms in total. The fourth-order valence-electron chi connectivity index (χ4n) is 3.65. The van der Waals surface area contributed by atoms with Gasteiger partial charge in [-0.25, -0.2) is 0 Å². The Labute approximate surface area is 271 Å². The average Bonchev–Trinajstić information content (AvgIpc) is 3.16. The molecule has 0 amide bonds. The van der Waals surface area contributed by atoms with Crippen LogP contribution < -0.4 is 65.8 Å². The molecule has 4 rings (SSSR count). The number of benzene rings is 2. The zero-order valence-corrected chi connectivity index (χ0v) is 27.5. The van der Waals surface area contributed by atoms with Crippen molar-refractivity contribution in [2.45, 2.75) is 5.88 Å². The van der Waals surface area contributed by atoms with E-state index in [2.05, 4.69) is 0 Å². The van der Waals surface area contributed by atoms with Crippen LogP contribution in [0.1, 0.15) is 4.57 Å². The number of nitrogens with zero attached hydrogens (tertiary/aromatic N) is 3. The van der Waals surface area contributed by atoms with Gasteiger partial charge in [0, 0.05) is 0 Å². The van der Waals surface area contributed by atoms with Crippen molar-refractivity contribution in [3.8, 4) is 0 Å². The summed E-state index contributed by atoms with van der Waals surface area (Å²) in [6.45, 7) is 0. The number of allylic oxidation sites excluding steroid dienone is 2. The predicted molar refractivity (Wildman–Crippen MR) is 137 cm³/mol. The van der Waals surface area contributed by atoms with E-state index in [-0.39, 0.29) is 75.9 Å². The normalized spacial score (nSPS) is 15.2. The fraction of sp³-hybridized carbons (Fsp3) is 0.150. The number of rotatable bonds is 6. The van der Waals surface area contributed by atoms with Gasteiger partial charge in [0.25, 0.3) is 0 Å². The minimum Gasteiger partial charge on any atom is 1.00 e. The molecule has 0 atom stereocenters. The minimum atomic E-state index is -4.58. The van der Waals surface area contributed by atoms with E-state index in [0.717, 1.165) is 4.26 Å². The Morgan fingerprint density at radius 2 is 1.72 bits per heavy atom. The molecule has 0 spiro atoms. The fourth-order valence-corrected chi connectivity index (χ4v) is 7.72. The van der Waals surface area contributed by atoms with Crippen molar-refractivity contribution in [2.24, 2.45) is 0 Å². The van der Waals surface area contributed by atoms with Crippen molar-refractivity contribution < 1.29 is 81.9 Å². The summed E-state index contributed by atoms with van der Waals surface area (Å²) in [6.07, 6.45) is 4.84. The second kappa shape index (κ2) is 11.6. The number of hydrogen-bond acceptors (Lipinski definition) is 7. The van der Waals surface area contributed by atoms with Crippen LogP contribution in [0.4, 0.5) is 11.4 Å². The topological polar surface area (TPSA) is 122 Å². The second-order valence-electron chi connectivity index (χ2n) is 7.50. The Morgan fingerprint density at radius 3 is 2.33 bits per heavy atom. The van der Waals surface area contributed by atoms with Gasteiger partial charge in [-0.15, -0.1) is 0 Å². The molecule has 0 aliphatic carbocycles. The van der Waals surface area contributed by atoms with Gasteiger partial charge in [0.1, 0.15) is 0 Å². The molecule has 0 radical (unpaired) electrons. The van der Waals surface area contributed by atoms with Crippen molar-refractivity contribution in [1.29, 1.82) is 0 Å². The Bertz CT molecular complexity index is 1630. The summed E-state index contributed by atoms with van der Waals surface area (Å²) in [5, 5.41) is 0.894. The van der Waals surface area contributed by atoms with Gasteiger partial charge < -0.3 is 0 Å². The molecule has 2 heterocycles. The standard InChI is InChI=1S/C20H16Cl3N3O6S2Se.K/c1-24-15-8-13(22)14(23)9-16(15)25(10-33(27,28)29)19(24)3-2-4-20-26(11-34(30,31)32)17-7-12(21)5-6-18(17)35-20;/h2-9H,10-11H2,1H3,(H-,27,28,29,30,31,32);/q;+1. The minimum absolute atomic E-state index is 0. The van der Waals surface area contributed by atoms with Crippen LogP contribution >= 0.6 is 34.8 Å². The molecule has 3 aromatic rings.